The maximum Gasteiger partial charge on any atom is 0.347 e. The average Bonchev–Trinajstić information content (AvgIpc) is 2.79. The number of rotatable bonds is 5. The lowest BCUT2D eigenvalue weighted by Crippen LogP contribution is -2.42. The number of carbonyl (C=O) groups excluding carboxylic acids is 1. The van der Waals surface area contributed by atoms with Gasteiger partial charge in [0.15, 0.2) is 0 Å². The molecule has 0 aliphatic carbocycles. The first-order chi connectivity index (χ1) is 15.1. The number of nitrogens with zero attached hydrogens (tertiary/aromatic N) is 3. The van der Waals surface area contributed by atoms with Gasteiger partial charge in [-0.2, -0.15) is 4.99 Å². The molecule has 3 N–H and O–H groups in total. The summed E-state index contributed by atoms with van der Waals surface area (Å²) in [4.78, 5) is 23.0. The van der Waals surface area contributed by atoms with Crippen LogP contribution in [-0.2, 0) is 6.42 Å². The second-order valence-corrected chi connectivity index (χ2v) is 7.85. The summed E-state index contributed by atoms with van der Waals surface area (Å²) in [7, 11) is 0. The number of fused-ring (bicyclic) bond motifs is 1. The van der Waals surface area contributed by atoms with Gasteiger partial charge in [-0.3, -0.25) is 4.98 Å². The van der Waals surface area contributed by atoms with Gasteiger partial charge in [-0.25, -0.2) is 9.18 Å². The number of piperidine rings is 1. The molecule has 2 amide bonds. The summed E-state index contributed by atoms with van der Waals surface area (Å²) in [5.41, 5.74) is 7.60. The van der Waals surface area contributed by atoms with Gasteiger partial charge in [-0.1, -0.05) is 30.3 Å². The van der Waals surface area contributed by atoms with Crippen molar-refractivity contribution in [1.29, 1.82) is 0 Å². The van der Waals surface area contributed by atoms with E-state index in [-0.39, 0.29) is 11.7 Å². The van der Waals surface area contributed by atoms with Crippen molar-refractivity contribution in [1.82, 2.24) is 9.88 Å². The summed E-state index contributed by atoms with van der Waals surface area (Å²) in [5.74, 6) is 0.185. The molecule has 4 rings (SSSR count). The van der Waals surface area contributed by atoms with Crippen LogP contribution in [0.5, 0.6) is 0 Å². The molecular weight excluding hydrogens is 393 g/mol. The van der Waals surface area contributed by atoms with E-state index < -0.39 is 6.03 Å². The third-order valence-electron chi connectivity index (χ3n) is 5.73. The summed E-state index contributed by atoms with van der Waals surface area (Å²) >= 11 is 0. The standard InChI is InChI=1S/C24H26FN5O/c25-21-8-2-1-5-17(21)11-14-30-13-4-7-19(16-30)23(26)29-24(31)28-22-9-3-6-18-15-27-12-10-20(18)22/h1-3,5-6,8-10,12,15,19H,4,7,11,13-14,16H2,(H3,26,28,29,31). The minimum absolute atomic E-state index is 0.0110. The normalized spacial score (nSPS) is 17.6. The molecule has 31 heavy (non-hydrogen) atoms. The van der Waals surface area contributed by atoms with Crippen LogP contribution in [0.25, 0.3) is 10.8 Å². The van der Waals surface area contributed by atoms with E-state index in [1.54, 1.807) is 18.5 Å². The molecule has 3 aromatic rings. The fourth-order valence-electron chi connectivity index (χ4n) is 4.06. The Bertz CT molecular complexity index is 1090. The smallest absolute Gasteiger partial charge is 0.347 e. The van der Waals surface area contributed by atoms with Gasteiger partial charge in [0.25, 0.3) is 0 Å². The fourth-order valence-corrected chi connectivity index (χ4v) is 4.06. The SMILES string of the molecule is N/C(=N\C(=O)Nc1cccc2cnccc12)C1CCCN(CCc2ccccc2F)C1. The number of amides is 2. The monoisotopic (exact) mass is 419 g/mol. The van der Waals surface area contributed by atoms with Crippen molar-refractivity contribution < 1.29 is 9.18 Å². The molecule has 1 saturated heterocycles. The zero-order valence-corrected chi connectivity index (χ0v) is 17.3. The zero-order chi connectivity index (χ0) is 21.6. The Balaban J connectivity index is 1.37. The van der Waals surface area contributed by atoms with E-state index in [0.29, 0.717) is 17.9 Å². The first-order valence-electron chi connectivity index (χ1n) is 10.5. The van der Waals surface area contributed by atoms with Crippen molar-refractivity contribution in [3.8, 4) is 0 Å². The number of urea groups is 1. The van der Waals surface area contributed by atoms with Crippen LogP contribution in [-0.4, -0.2) is 41.4 Å². The lowest BCUT2D eigenvalue weighted by Gasteiger charge is -2.32. The molecule has 7 heteroatoms. The highest BCUT2D eigenvalue weighted by Crippen LogP contribution is 2.23. The molecule has 1 aromatic heterocycles. The molecule has 1 aliphatic rings. The Labute approximate surface area is 181 Å². The van der Waals surface area contributed by atoms with Gasteiger partial charge in [0, 0.05) is 42.2 Å². The molecule has 1 atom stereocenters. The lowest BCUT2D eigenvalue weighted by molar-refractivity contribution is 0.205. The van der Waals surface area contributed by atoms with Crippen LogP contribution in [0.1, 0.15) is 18.4 Å². The summed E-state index contributed by atoms with van der Waals surface area (Å²) in [6.45, 7) is 2.41. The number of hydrogen-bond acceptors (Lipinski definition) is 3. The van der Waals surface area contributed by atoms with Crippen molar-refractivity contribution in [2.75, 3.05) is 25.0 Å². The molecule has 0 spiro atoms. The summed E-state index contributed by atoms with van der Waals surface area (Å²) in [6.07, 6.45) is 5.94. The first-order valence-corrected chi connectivity index (χ1v) is 10.5. The number of nitrogens with one attached hydrogen (secondary N) is 1. The van der Waals surface area contributed by atoms with E-state index in [1.807, 2.05) is 36.4 Å². The second kappa shape index (κ2) is 9.66. The van der Waals surface area contributed by atoms with Crippen molar-refractivity contribution >= 4 is 28.3 Å². The van der Waals surface area contributed by atoms with E-state index >= 15 is 0 Å². The topological polar surface area (TPSA) is 83.6 Å². The number of aromatic nitrogens is 1. The number of aliphatic imine (C=N–C) groups is 1. The van der Waals surface area contributed by atoms with Gasteiger partial charge in [-0.05, 0) is 49.6 Å². The number of halogens is 1. The Morgan fingerprint density at radius 3 is 2.97 bits per heavy atom. The minimum atomic E-state index is -0.481. The van der Waals surface area contributed by atoms with E-state index in [4.69, 9.17) is 5.73 Å². The molecule has 0 saturated carbocycles. The van der Waals surface area contributed by atoms with E-state index in [0.717, 1.165) is 48.8 Å². The third kappa shape index (κ3) is 5.24. The van der Waals surface area contributed by atoms with Gasteiger partial charge in [0.1, 0.15) is 11.7 Å². The highest BCUT2D eigenvalue weighted by atomic mass is 19.1. The predicted molar refractivity (Wildman–Crippen MR) is 122 cm³/mol. The Kier molecular flexibility index (Phi) is 6.52. The largest absolute Gasteiger partial charge is 0.387 e. The molecule has 0 bridgehead atoms. The number of likely N-dealkylation sites (tertiary alicyclic amines) is 1. The summed E-state index contributed by atoms with van der Waals surface area (Å²) in [5, 5.41) is 4.67. The molecule has 160 valence electrons. The van der Waals surface area contributed by atoms with Crippen molar-refractivity contribution in [3.63, 3.8) is 0 Å². The number of nitrogens with two attached hydrogens (primary N) is 1. The fraction of sp³-hybridized carbons (Fsp3) is 0.292. The molecule has 2 heterocycles. The number of amidine groups is 1. The number of carbonyl (C=O) groups is 1. The zero-order valence-electron chi connectivity index (χ0n) is 17.3. The molecule has 6 nitrogen and oxygen atoms in total. The van der Waals surface area contributed by atoms with E-state index in [1.165, 1.54) is 6.07 Å². The lowest BCUT2D eigenvalue weighted by atomic mass is 9.96. The molecule has 1 aliphatic heterocycles. The van der Waals surface area contributed by atoms with Crippen molar-refractivity contribution in [3.05, 3.63) is 72.3 Å². The maximum absolute atomic E-state index is 13.9. The number of anilines is 1. The quantitative estimate of drug-likeness (QED) is 0.479. The van der Waals surface area contributed by atoms with Crippen LogP contribution < -0.4 is 11.1 Å². The van der Waals surface area contributed by atoms with Crippen molar-refractivity contribution in [2.24, 2.45) is 16.6 Å². The first kappa shape index (κ1) is 20.9. The predicted octanol–water partition coefficient (Wildman–Crippen LogP) is 4.22. The molecule has 1 fully saturated rings. The van der Waals surface area contributed by atoms with Crippen LogP contribution in [0, 0.1) is 11.7 Å². The van der Waals surface area contributed by atoms with Gasteiger partial charge in [-0.15, -0.1) is 0 Å². The average molecular weight is 420 g/mol. The van der Waals surface area contributed by atoms with Gasteiger partial charge in [0.05, 0.1) is 5.69 Å². The Hall–Kier alpha value is -3.32. The van der Waals surface area contributed by atoms with Crippen molar-refractivity contribution in [2.45, 2.75) is 19.3 Å². The second-order valence-electron chi connectivity index (χ2n) is 7.85. The van der Waals surface area contributed by atoms with Crippen LogP contribution in [0.2, 0.25) is 0 Å². The van der Waals surface area contributed by atoms with E-state index in [2.05, 4.69) is 20.2 Å². The van der Waals surface area contributed by atoms with Gasteiger partial charge < -0.3 is 16.0 Å². The van der Waals surface area contributed by atoms with Crippen LogP contribution in [0.4, 0.5) is 14.9 Å². The molecule has 2 aromatic carbocycles. The maximum atomic E-state index is 13.9. The highest BCUT2D eigenvalue weighted by molar-refractivity contribution is 6.05. The number of hydrogen-bond donors (Lipinski definition) is 2. The number of benzene rings is 2. The highest BCUT2D eigenvalue weighted by Gasteiger charge is 2.23. The Morgan fingerprint density at radius 1 is 1.23 bits per heavy atom. The van der Waals surface area contributed by atoms with Gasteiger partial charge >= 0.3 is 6.03 Å². The van der Waals surface area contributed by atoms with E-state index in [9.17, 15) is 9.18 Å². The molecular formula is C24H26FN5O. The molecule has 0 radical (unpaired) electrons. The van der Waals surface area contributed by atoms with Crippen LogP contribution >= 0.6 is 0 Å². The Morgan fingerprint density at radius 2 is 2.10 bits per heavy atom. The summed E-state index contributed by atoms with van der Waals surface area (Å²) in [6, 6.07) is 13.9. The number of pyridine rings is 1. The molecule has 1 unspecified atom stereocenters. The summed E-state index contributed by atoms with van der Waals surface area (Å²) < 4.78 is 13.9. The van der Waals surface area contributed by atoms with Crippen LogP contribution in [0.15, 0.2) is 65.9 Å². The minimum Gasteiger partial charge on any atom is -0.387 e. The third-order valence-corrected chi connectivity index (χ3v) is 5.73. The van der Waals surface area contributed by atoms with Crippen LogP contribution in [0.3, 0.4) is 0 Å². The van der Waals surface area contributed by atoms with Gasteiger partial charge in [0.2, 0.25) is 0 Å².